The molecule has 0 radical (unpaired) electrons. The van der Waals surface area contributed by atoms with E-state index in [-0.39, 0.29) is 23.2 Å². The molecule has 0 aliphatic carbocycles. The lowest BCUT2D eigenvalue weighted by atomic mass is 10.1. The van der Waals surface area contributed by atoms with Crippen molar-refractivity contribution in [2.75, 3.05) is 23.9 Å². The maximum absolute atomic E-state index is 12.0. The number of carbonyl (C=O) groups excluding carboxylic acids is 2. The van der Waals surface area contributed by atoms with Crippen LogP contribution in [-0.4, -0.2) is 30.3 Å². The highest BCUT2D eigenvalue weighted by atomic mass is 32.2. The van der Waals surface area contributed by atoms with Crippen LogP contribution in [0.5, 0.6) is 5.75 Å². The topological polar surface area (TPSA) is 55.4 Å². The average Bonchev–Trinajstić information content (AvgIpc) is 2.55. The third-order valence-corrected chi connectivity index (χ3v) is 4.11. The van der Waals surface area contributed by atoms with E-state index in [2.05, 4.69) is 5.32 Å². The van der Waals surface area contributed by atoms with E-state index in [1.54, 1.807) is 31.4 Å². The highest BCUT2D eigenvalue weighted by Gasteiger charge is 2.08. The van der Waals surface area contributed by atoms with Gasteiger partial charge in [0.15, 0.2) is 5.78 Å². The molecule has 0 heterocycles. The summed E-state index contributed by atoms with van der Waals surface area (Å²) < 4.78 is 5.06. The number of nitrogens with one attached hydrogen (secondary N) is 1. The molecule has 120 valence electrons. The van der Waals surface area contributed by atoms with Crippen LogP contribution in [0.4, 0.5) is 5.69 Å². The maximum atomic E-state index is 12.0. The smallest absolute Gasteiger partial charge is 0.234 e. The number of ether oxygens (including phenoxy) is 1. The van der Waals surface area contributed by atoms with E-state index < -0.39 is 0 Å². The van der Waals surface area contributed by atoms with Crippen molar-refractivity contribution in [3.8, 4) is 5.75 Å². The van der Waals surface area contributed by atoms with Crippen LogP contribution in [0.3, 0.4) is 0 Å². The molecule has 0 aliphatic heterocycles. The monoisotopic (exact) mass is 329 g/mol. The summed E-state index contributed by atoms with van der Waals surface area (Å²) in [4.78, 5) is 23.9. The molecular weight excluding hydrogens is 310 g/mol. The van der Waals surface area contributed by atoms with Gasteiger partial charge in [-0.15, -0.1) is 11.8 Å². The Labute approximate surface area is 140 Å². The lowest BCUT2D eigenvalue weighted by Gasteiger charge is -2.06. The van der Waals surface area contributed by atoms with Crippen LogP contribution in [-0.2, 0) is 4.79 Å². The molecule has 5 heteroatoms. The highest BCUT2D eigenvalue weighted by Crippen LogP contribution is 2.14. The zero-order chi connectivity index (χ0) is 16.7. The number of hydrogen-bond acceptors (Lipinski definition) is 4. The predicted octanol–water partition coefficient (Wildman–Crippen LogP) is 3.56. The van der Waals surface area contributed by atoms with Crippen molar-refractivity contribution in [2.24, 2.45) is 0 Å². The van der Waals surface area contributed by atoms with Crippen molar-refractivity contribution < 1.29 is 14.3 Å². The summed E-state index contributed by atoms with van der Waals surface area (Å²) in [6, 6.07) is 14.6. The summed E-state index contributed by atoms with van der Waals surface area (Å²) in [6.07, 6.45) is 0. The SMILES string of the molecule is COc1ccc(C(=O)CSCC(=O)Nc2cccc(C)c2)cc1. The number of benzene rings is 2. The van der Waals surface area contributed by atoms with Crippen LogP contribution in [0, 0.1) is 6.92 Å². The maximum Gasteiger partial charge on any atom is 0.234 e. The molecule has 2 aromatic carbocycles. The molecule has 0 unspecified atom stereocenters. The molecule has 0 fully saturated rings. The Kier molecular flexibility index (Phi) is 6.23. The number of aryl methyl sites for hydroxylation is 1. The fraction of sp³-hybridized carbons (Fsp3) is 0.222. The van der Waals surface area contributed by atoms with Crippen LogP contribution in [0.25, 0.3) is 0 Å². The molecule has 2 rings (SSSR count). The molecule has 0 saturated heterocycles. The van der Waals surface area contributed by atoms with Gasteiger partial charge in [0.05, 0.1) is 18.6 Å². The Balaban J connectivity index is 1.77. The van der Waals surface area contributed by atoms with Crippen molar-refractivity contribution in [1.29, 1.82) is 0 Å². The molecule has 4 nitrogen and oxygen atoms in total. The molecule has 0 saturated carbocycles. The average molecular weight is 329 g/mol. The molecule has 0 aliphatic rings. The molecule has 0 aromatic heterocycles. The van der Waals surface area contributed by atoms with E-state index in [4.69, 9.17) is 4.74 Å². The molecule has 0 bridgehead atoms. The van der Waals surface area contributed by atoms with Gasteiger partial charge in [-0.2, -0.15) is 0 Å². The second kappa shape index (κ2) is 8.39. The Bertz CT molecular complexity index is 683. The minimum absolute atomic E-state index is 0.000934. The highest BCUT2D eigenvalue weighted by molar-refractivity contribution is 8.00. The fourth-order valence-corrected chi connectivity index (χ4v) is 2.73. The number of amides is 1. The van der Waals surface area contributed by atoms with Gasteiger partial charge in [0.25, 0.3) is 0 Å². The molecule has 0 atom stereocenters. The van der Waals surface area contributed by atoms with Crippen molar-refractivity contribution in [2.45, 2.75) is 6.92 Å². The van der Waals surface area contributed by atoms with Crippen LogP contribution >= 0.6 is 11.8 Å². The van der Waals surface area contributed by atoms with Crippen LogP contribution in [0.1, 0.15) is 15.9 Å². The number of rotatable bonds is 7. The molecule has 0 spiro atoms. The quantitative estimate of drug-likeness (QED) is 0.789. The van der Waals surface area contributed by atoms with Gasteiger partial charge in [-0.1, -0.05) is 12.1 Å². The normalized spacial score (nSPS) is 10.2. The first-order valence-corrected chi connectivity index (χ1v) is 8.35. The lowest BCUT2D eigenvalue weighted by molar-refractivity contribution is -0.113. The van der Waals surface area contributed by atoms with Crippen molar-refractivity contribution in [3.63, 3.8) is 0 Å². The predicted molar refractivity (Wildman–Crippen MR) is 94.5 cm³/mol. The van der Waals surface area contributed by atoms with E-state index in [9.17, 15) is 9.59 Å². The number of hydrogen-bond donors (Lipinski definition) is 1. The minimum Gasteiger partial charge on any atom is -0.497 e. The zero-order valence-electron chi connectivity index (χ0n) is 13.2. The van der Waals surface area contributed by atoms with Crippen molar-refractivity contribution in [1.82, 2.24) is 0 Å². The summed E-state index contributed by atoms with van der Waals surface area (Å²) >= 11 is 1.30. The number of carbonyl (C=O) groups is 2. The molecule has 2 aromatic rings. The summed E-state index contributed by atoms with van der Waals surface area (Å²) in [7, 11) is 1.58. The van der Waals surface area contributed by atoms with Gasteiger partial charge in [0.1, 0.15) is 5.75 Å². The molecule has 23 heavy (non-hydrogen) atoms. The van der Waals surface area contributed by atoms with E-state index in [0.29, 0.717) is 11.3 Å². The number of Topliss-reactive ketones (excluding diaryl/α,β-unsaturated/α-hetero) is 1. The first-order valence-electron chi connectivity index (χ1n) is 7.20. The fourth-order valence-electron chi connectivity index (χ4n) is 2.02. The van der Waals surface area contributed by atoms with Gasteiger partial charge in [-0.05, 0) is 48.9 Å². The summed E-state index contributed by atoms with van der Waals surface area (Å²) in [6.45, 7) is 1.97. The van der Waals surface area contributed by atoms with E-state index in [0.717, 1.165) is 11.3 Å². The van der Waals surface area contributed by atoms with Gasteiger partial charge < -0.3 is 10.1 Å². The van der Waals surface area contributed by atoms with E-state index in [1.165, 1.54) is 11.8 Å². The van der Waals surface area contributed by atoms with Crippen molar-refractivity contribution in [3.05, 3.63) is 59.7 Å². The number of thioether (sulfide) groups is 1. The lowest BCUT2D eigenvalue weighted by Crippen LogP contribution is -2.15. The van der Waals surface area contributed by atoms with Gasteiger partial charge in [-0.3, -0.25) is 9.59 Å². The zero-order valence-corrected chi connectivity index (χ0v) is 14.0. The first-order chi connectivity index (χ1) is 11.1. The van der Waals surface area contributed by atoms with Crippen LogP contribution in [0.2, 0.25) is 0 Å². The van der Waals surface area contributed by atoms with E-state index in [1.807, 2.05) is 31.2 Å². The largest absolute Gasteiger partial charge is 0.497 e. The minimum atomic E-state index is -0.108. The van der Waals surface area contributed by atoms with Crippen LogP contribution < -0.4 is 10.1 Å². The molecule has 1 amide bonds. The van der Waals surface area contributed by atoms with Gasteiger partial charge in [0, 0.05) is 11.3 Å². The molecular formula is C18H19NO3S. The Hall–Kier alpha value is -2.27. The third-order valence-electron chi connectivity index (χ3n) is 3.18. The second-order valence-electron chi connectivity index (χ2n) is 5.06. The van der Waals surface area contributed by atoms with Gasteiger partial charge in [-0.25, -0.2) is 0 Å². The Morgan fingerprint density at radius 1 is 1.09 bits per heavy atom. The third kappa shape index (κ3) is 5.45. The van der Waals surface area contributed by atoms with Gasteiger partial charge >= 0.3 is 0 Å². The number of ketones is 1. The Morgan fingerprint density at radius 3 is 2.48 bits per heavy atom. The second-order valence-corrected chi connectivity index (χ2v) is 6.05. The van der Waals surface area contributed by atoms with Crippen molar-refractivity contribution >= 4 is 29.1 Å². The molecule has 1 N–H and O–H groups in total. The van der Waals surface area contributed by atoms with E-state index >= 15 is 0 Å². The van der Waals surface area contributed by atoms with Gasteiger partial charge in [0.2, 0.25) is 5.91 Å². The Morgan fingerprint density at radius 2 is 1.83 bits per heavy atom. The standard InChI is InChI=1S/C18H19NO3S/c1-13-4-3-5-15(10-13)19-18(21)12-23-11-17(20)14-6-8-16(22-2)9-7-14/h3-10H,11-12H2,1-2H3,(H,19,21). The summed E-state index contributed by atoms with van der Waals surface area (Å²) in [5, 5.41) is 2.82. The summed E-state index contributed by atoms with van der Waals surface area (Å²) in [5.41, 5.74) is 2.49. The summed E-state index contributed by atoms with van der Waals surface area (Å²) in [5.74, 6) is 1.12. The number of methoxy groups -OCH3 is 1. The number of anilines is 1. The first kappa shape index (κ1) is 17.1. The van der Waals surface area contributed by atoms with Crippen LogP contribution in [0.15, 0.2) is 48.5 Å².